The molecular formula is C9H13N3. The molecule has 1 aromatic rings. The first-order valence-corrected chi connectivity index (χ1v) is 3.78. The highest BCUT2D eigenvalue weighted by Crippen LogP contribution is 2.10. The largest absolute Gasteiger partial charge is 0.385 e. The zero-order valence-corrected chi connectivity index (χ0v) is 7.33. The van der Waals surface area contributed by atoms with Crippen molar-refractivity contribution in [3.63, 3.8) is 0 Å². The van der Waals surface area contributed by atoms with E-state index in [1.807, 2.05) is 30.5 Å². The van der Waals surface area contributed by atoms with Gasteiger partial charge in [-0.1, -0.05) is 0 Å². The summed E-state index contributed by atoms with van der Waals surface area (Å²) in [5.41, 5.74) is 7.90. The van der Waals surface area contributed by atoms with E-state index in [4.69, 9.17) is 11.1 Å². The number of nitrogens with zero attached hydrogens (tertiary/aromatic N) is 1. The topological polar surface area (TPSA) is 54.8 Å². The Kier molecular flexibility index (Phi) is 2.33. The Bertz CT molecular complexity index is 301. The molecule has 3 heteroatoms. The Balaban J connectivity index is 3.17. The second-order valence-corrected chi connectivity index (χ2v) is 2.71. The molecule has 0 atom stereocenters. The minimum atomic E-state index is 0.588. The summed E-state index contributed by atoms with van der Waals surface area (Å²) in [6, 6.07) is 4.00. The van der Waals surface area contributed by atoms with Crippen LogP contribution in [0.5, 0.6) is 0 Å². The first kappa shape index (κ1) is 8.59. The monoisotopic (exact) mass is 163 g/mol. The van der Waals surface area contributed by atoms with E-state index in [9.17, 15) is 0 Å². The molecule has 0 aliphatic rings. The van der Waals surface area contributed by atoms with Crippen molar-refractivity contribution in [1.29, 1.82) is 5.41 Å². The third-order valence-corrected chi connectivity index (χ3v) is 1.78. The molecule has 0 bridgehead atoms. The number of nitrogens with two attached hydrogens (primary N) is 1. The van der Waals surface area contributed by atoms with Crippen LogP contribution in [0, 0.1) is 19.3 Å². The molecule has 64 valence electrons. The first-order chi connectivity index (χ1) is 5.66. The number of hydrogen-bond acceptors (Lipinski definition) is 2. The first-order valence-electron chi connectivity index (χ1n) is 3.78. The summed E-state index contributed by atoms with van der Waals surface area (Å²) >= 11 is 0. The molecule has 1 heterocycles. The number of allylic oxidation sites excluding steroid dienone is 1. The predicted molar refractivity (Wildman–Crippen MR) is 51.2 cm³/mol. The summed E-state index contributed by atoms with van der Waals surface area (Å²) < 4.78 is 1.91. The molecular weight excluding hydrogens is 150 g/mol. The maximum absolute atomic E-state index is 6.88. The Morgan fingerprint density at radius 1 is 1.42 bits per heavy atom. The van der Waals surface area contributed by atoms with E-state index in [1.54, 1.807) is 6.08 Å². The van der Waals surface area contributed by atoms with Gasteiger partial charge < -0.3 is 15.7 Å². The average Bonchev–Trinajstić information content (AvgIpc) is 2.32. The molecule has 0 aromatic carbocycles. The van der Waals surface area contributed by atoms with Gasteiger partial charge in [0.2, 0.25) is 0 Å². The van der Waals surface area contributed by atoms with Gasteiger partial charge in [0.15, 0.2) is 0 Å². The maximum atomic E-state index is 6.88. The van der Waals surface area contributed by atoms with Gasteiger partial charge >= 0.3 is 0 Å². The highest BCUT2D eigenvalue weighted by atomic mass is 15.1. The molecule has 1 aromatic heterocycles. The van der Waals surface area contributed by atoms with Crippen LogP contribution in [0.15, 0.2) is 18.2 Å². The predicted octanol–water partition coefficient (Wildman–Crippen LogP) is 1.51. The lowest BCUT2D eigenvalue weighted by molar-refractivity contribution is 0.972. The Hall–Kier alpha value is -1.51. The number of rotatable bonds is 2. The minimum absolute atomic E-state index is 0.588. The minimum Gasteiger partial charge on any atom is -0.385 e. The van der Waals surface area contributed by atoms with E-state index >= 15 is 0 Å². The van der Waals surface area contributed by atoms with E-state index in [0.29, 0.717) is 5.82 Å². The van der Waals surface area contributed by atoms with Gasteiger partial charge in [0.05, 0.1) is 0 Å². The third kappa shape index (κ3) is 1.39. The average molecular weight is 163 g/mol. The number of aryl methyl sites for hydroxylation is 2. The van der Waals surface area contributed by atoms with Crippen LogP contribution in [0.25, 0.3) is 5.82 Å². The molecule has 3 N–H and O–H groups in total. The maximum Gasteiger partial charge on any atom is 0.109 e. The summed E-state index contributed by atoms with van der Waals surface area (Å²) in [7, 11) is 0. The van der Waals surface area contributed by atoms with Gasteiger partial charge in [0.25, 0.3) is 0 Å². The molecule has 0 spiro atoms. The molecule has 3 nitrogen and oxygen atoms in total. The van der Waals surface area contributed by atoms with Crippen LogP contribution in [-0.4, -0.2) is 10.8 Å². The molecule has 1 rings (SSSR count). The zero-order chi connectivity index (χ0) is 9.14. The summed E-state index contributed by atoms with van der Waals surface area (Å²) in [6.07, 6.45) is 2.76. The highest BCUT2D eigenvalue weighted by Gasteiger charge is 2.01. The molecule has 0 saturated heterocycles. The van der Waals surface area contributed by atoms with Crippen LogP contribution in [0.1, 0.15) is 11.4 Å². The normalized spacial score (nSPS) is 11.7. The van der Waals surface area contributed by atoms with Crippen LogP contribution in [0.2, 0.25) is 0 Å². The quantitative estimate of drug-likeness (QED) is 0.638. The van der Waals surface area contributed by atoms with Crippen molar-refractivity contribution in [1.82, 2.24) is 4.57 Å². The van der Waals surface area contributed by atoms with Gasteiger partial charge in [0, 0.05) is 17.6 Å². The second kappa shape index (κ2) is 3.26. The highest BCUT2D eigenvalue weighted by molar-refractivity contribution is 5.76. The Morgan fingerprint density at radius 3 is 2.33 bits per heavy atom. The molecule has 0 amide bonds. The smallest absolute Gasteiger partial charge is 0.109 e. The SMILES string of the molecule is Cc1ccc(C)n1C(N)=CC=N. The zero-order valence-electron chi connectivity index (χ0n) is 7.33. The van der Waals surface area contributed by atoms with Crippen LogP contribution >= 0.6 is 0 Å². The van der Waals surface area contributed by atoms with Crippen molar-refractivity contribution >= 4 is 12.0 Å². The Morgan fingerprint density at radius 2 is 1.92 bits per heavy atom. The summed E-state index contributed by atoms with van der Waals surface area (Å²) in [4.78, 5) is 0. The van der Waals surface area contributed by atoms with Gasteiger partial charge in [-0.25, -0.2) is 0 Å². The van der Waals surface area contributed by atoms with Gasteiger partial charge in [-0.3, -0.25) is 0 Å². The van der Waals surface area contributed by atoms with Crippen molar-refractivity contribution in [2.45, 2.75) is 13.8 Å². The fraction of sp³-hybridized carbons (Fsp3) is 0.222. The van der Waals surface area contributed by atoms with Crippen LogP contribution in [0.3, 0.4) is 0 Å². The third-order valence-electron chi connectivity index (χ3n) is 1.78. The van der Waals surface area contributed by atoms with Crippen molar-refractivity contribution in [3.8, 4) is 0 Å². The standard InChI is InChI=1S/C9H13N3/c1-7-3-4-8(2)12(7)9(11)5-6-10/h3-6,10H,11H2,1-2H3. The summed E-state index contributed by atoms with van der Waals surface area (Å²) in [5, 5.41) is 6.88. The van der Waals surface area contributed by atoms with E-state index < -0.39 is 0 Å². The number of hydrogen-bond donors (Lipinski definition) is 2. The summed E-state index contributed by atoms with van der Waals surface area (Å²) in [6.45, 7) is 3.97. The van der Waals surface area contributed by atoms with Crippen molar-refractivity contribution < 1.29 is 0 Å². The number of nitrogens with one attached hydrogen (secondary N) is 1. The fourth-order valence-corrected chi connectivity index (χ4v) is 1.24. The number of aromatic nitrogens is 1. The van der Waals surface area contributed by atoms with Crippen molar-refractivity contribution in [2.75, 3.05) is 0 Å². The van der Waals surface area contributed by atoms with E-state index in [-0.39, 0.29) is 0 Å². The Labute approximate surface area is 72.0 Å². The lowest BCUT2D eigenvalue weighted by Crippen LogP contribution is -2.09. The van der Waals surface area contributed by atoms with E-state index in [0.717, 1.165) is 11.4 Å². The van der Waals surface area contributed by atoms with Crippen LogP contribution < -0.4 is 5.73 Å². The van der Waals surface area contributed by atoms with Gasteiger partial charge in [-0.05, 0) is 32.1 Å². The van der Waals surface area contributed by atoms with Gasteiger partial charge in [-0.15, -0.1) is 0 Å². The van der Waals surface area contributed by atoms with E-state index in [2.05, 4.69) is 0 Å². The second-order valence-electron chi connectivity index (χ2n) is 2.71. The molecule has 0 fully saturated rings. The van der Waals surface area contributed by atoms with E-state index in [1.165, 1.54) is 6.21 Å². The van der Waals surface area contributed by atoms with Crippen molar-refractivity contribution in [2.24, 2.45) is 5.73 Å². The van der Waals surface area contributed by atoms with Crippen LogP contribution in [0.4, 0.5) is 0 Å². The van der Waals surface area contributed by atoms with Gasteiger partial charge in [0.1, 0.15) is 5.82 Å². The van der Waals surface area contributed by atoms with Gasteiger partial charge in [-0.2, -0.15) is 0 Å². The fourth-order valence-electron chi connectivity index (χ4n) is 1.24. The summed E-state index contributed by atoms with van der Waals surface area (Å²) in [5.74, 6) is 0.588. The molecule has 0 aliphatic carbocycles. The molecule has 0 aliphatic heterocycles. The molecule has 0 unspecified atom stereocenters. The lowest BCUT2D eigenvalue weighted by atomic mass is 10.5. The van der Waals surface area contributed by atoms with Crippen LogP contribution in [-0.2, 0) is 0 Å². The lowest BCUT2D eigenvalue weighted by Gasteiger charge is -2.07. The molecule has 12 heavy (non-hydrogen) atoms. The molecule has 0 saturated carbocycles. The molecule has 0 radical (unpaired) electrons. The van der Waals surface area contributed by atoms with Crippen molar-refractivity contribution in [3.05, 3.63) is 29.6 Å².